The van der Waals surface area contributed by atoms with Crippen LogP contribution < -0.4 is 10.1 Å². The van der Waals surface area contributed by atoms with Gasteiger partial charge in [-0.05, 0) is 18.6 Å². The number of nitrogens with one attached hydrogen (secondary N) is 2. The SMILES string of the molecule is COc1c(C(=O)NC2CCOC23CCOCC3)[nH]c2ccccc12. The first kappa shape index (κ1) is 15.5. The molecule has 4 rings (SSSR count). The van der Waals surface area contributed by atoms with Crippen LogP contribution in [0.3, 0.4) is 0 Å². The Labute approximate surface area is 140 Å². The predicted octanol–water partition coefficient (Wildman–Crippen LogP) is 2.24. The third kappa shape index (κ3) is 2.46. The van der Waals surface area contributed by atoms with Crippen LogP contribution in [0.5, 0.6) is 5.75 Å². The second-order valence-corrected chi connectivity index (χ2v) is 6.42. The Bertz CT molecular complexity index is 749. The summed E-state index contributed by atoms with van der Waals surface area (Å²) in [6, 6.07) is 7.75. The maximum atomic E-state index is 12.9. The number of para-hydroxylation sites is 1. The highest BCUT2D eigenvalue weighted by Gasteiger charge is 2.46. The molecule has 1 atom stereocenters. The van der Waals surface area contributed by atoms with Gasteiger partial charge in [0.2, 0.25) is 0 Å². The first-order chi connectivity index (χ1) is 11.7. The van der Waals surface area contributed by atoms with E-state index in [-0.39, 0.29) is 17.6 Å². The summed E-state index contributed by atoms with van der Waals surface area (Å²) in [6.45, 7) is 2.04. The van der Waals surface area contributed by atoms with Crippen molar-refractivity contribution in [2.45, 2.75) is 30.9 Å². The van der Waals surface area contributed by atoms with Gasteiger partial charge >= 0.3 is 0 Å². The molecule has 1 amide bonds. The molecule has 1 aromatic heterocycles. The van der Waals surface area contributed by atoms with Crippen LogP contribution >= 0.6 is 0 Å². The maximum absolute atomic E-state index is 12.9. The van der Waals surface area contributed by atoms with Crippen molar-refractivity contribution in [2.75, 3.05) is 26.9 Å². The summed E-state index contributed by atoms with van der Waals surface area (Å²) < 4.78 is 16.9. The molecule has 2 aliphatic rings. The Balaban J connectivity index is 1.60. The van der Waals surface area contributed by atoms with E-state index in [1.165, 1.54) is 0 Å². The molecule has 128 valence electrons. The first-order valence-electron chi connectivity index (χ1n) is 8.41. The number of amides is 1. The van der Waals surface area contributed by atoms with Crippen molar-refractivity contribution in [2.24, 2.45) is 0 Å². The second-order valence-electron chi connectivity index (χ2n) is 6.42. The van der Waals surface area contributed by atoms with E-state index < -0.39 is 0 Å². The van der Waals surface area contributed by atoms with Gasteiger partial charge in [0.25, 0.3) is 5.91 Å². The third-order valence-corrected chi connectivity index (χ3v) is 5.17. The topological polar surface area (TPSA) is 72.6 Å². The largest absolute Gasteiger partial charge is 0.494 e. The standard InChI is InChI=1S/C18H22N2O4/c1-22-16-12-4-2-3-5-13(12)19-15(16)17(21)20-14-6-9-24-18(14)7-10-23-11-8-18/h2-5,14,19H,6-11H2,1H3,(H,20,21). The van der Waals surface area contributed by atoms with E-state index in [1.807, 2.05) is 24.3 Å². The lowest BCUT2D eigenvalue weighted by atomic mass is 9.86. The van der Waals surface area contributed by atoms with Gasteiger partial charge in [-0.3, -0.25) is 4.79 Å². The van der Waals surface area contributed by atoms with Gasteiger partial charge in [0.15, 0.2) is 5.75 Å². The number of rotatable bonds is 3. The number of aromatic nitrogens is 1. The molecular weight excluding hydrogens is 308 g/mol. The number of carbonyl (C=O) groups is 1. The molecule has 2 aliphatic heterocycles. The van der Waals surface area contributed by atoms with Gasteiger partial charge in [-0.25, -0.2) is 0 Å². The molecule has 0 radical (unpaired) electrons. The van der Waals surface area contributed by atoms with Crippen molar-refractivity contribution < 1.29 is 19.0 Å². The Kier molecular flexibility index (Phi) is 3.94. The minimum absolute atomic E-state index is 0.00465. The van der Waals surface area contributed by atoms with E-state index in [2.05, 4.69) is 10.3 Å². The average molecular weight is 330 g/mol. The van der Waals surface area contributed by atoms with Gasteiger partial charge in [0, 0.05) is 43.6 Å². The summed E-state index contributed by atoms with van der Waals surface area (Å²) in [5.74, 6) is 0.437. The van der Waals surface area contributed by atoms with Gasteiger partial charge in [-0.2, -0.15) is 0 Å². The van der Waals surface area contributed by atoms with E-state index >= 15 is 0 Å². The number of fused-ring (bicyclic) bond motifs is 1. The average Bonchev–Trinajstić information content (AvgIpc) is 3.17. The molecule has 0 bridgehead atoms. The highest BCUT2D eigenvalue weighted by molar-refractivity contribution is 6.03. The van der Waals surface area contributed by atoms with E-state index in [1.54, 1.807) is 7.11 Å². The van der Waals surface area contributed by atoms with E-state index in [0.717, 1.165) is 30.2 Å². The Morgan fingerprint density at radius 3 is 2.88 bits per heavy atom. The zero-order chi connectivity index (χ0) is 16.6. The summed E-state index contributed by atoms with van der Waals surface area (Å²) in [5, 5.41) is 4.07. The van der Waals surface area contributed by atoms with E-state index in [0.29, 0.717) is 31.3 Å². The first-order valence-corrected chi connectivity index (χ1v) is 8.41. The van der Waals surface area contributed by atoms with Gasteiger partial charge < -0.3 is 24.5 Å². The number of H-pyrrole nitrogens is 1. The molecule has 2 aromatic rings. The number of hydrogen-bond donors (Lipinski definition) is 2. The number of hydrogen-bond acceptors (Lipinski definition) is 4. The van der Waals surface area contributed by atoms with Gasteiger partial charge in [-0.1, -0.05) is 12.1 Å². The fourth-order valence-electron chi connectivity index (χ4n) is 3.88. The molecule has 1 aromatic carbocycles. The van der Waals surface area contributed by atoms with Crippen LogP contribution in [0.4, 0.5) is 0 Å². The number of carbonyl (C=O) groups excluding carboxylic acids is 1. The highest BCUT2D eigenvalue weighted by atomic mass is 16.5. The smallest absolute Gasteiger partial charge is 0.271 e. The molecule has 1 spiro atoms. The molecule has 6 heteroatoms. The summed E-state index contributed by atoms with van der Waals surface area (Å²) in [7, 11) is 1.59. The minimum Gasteiger partial charge on any atom is -0.494 e. The van der Waals surface area contributed by atoms with Crippen molar-refractivity contribution in [1.82, 2.24) is 10.3 Å². The van der Waals surface area contributed by atoms with Crippen LogP contribution in [0.1, 0.15) is 29.8 Å². The molecule has 24 heavy (non-hydrogen) atoms. The van der Waals surface area contributed by atoms with Crippen molar-refractivity contribution in [3.05, 3.63) is 30.0 Å². The predicted molar refractivity (Wildman–Crippen MR) is 89.5 cm³/mol. The van der Waals surface area contributed by atoms with Crippen LogP contribution in [0.15, 0.2) is 24.3 Å². The molecule has 1 unspecified atom stereocenters. The van der Waals surface area contributed by atoms with Gasteiger partial charge in [-0.15, -0.1) is 0 Å². The van der Waals surface area contributed by atoms with Crippen LogP contribution in [0.25, 0.3) is 10.9 Å². The summed E-state index contributed by atoms with van der Waals surface area (Å²) in [4.78, 5) is 16.0. The van der Waals surface area contributed by atoms with Crippen molar-refractivity contribution in [3.8, 4) is 5.75 Å². The monoisotopic (exact) mass is 330 g/mol. The lowest BCUT2D eigenvalue weighted by molar-refractivity contribution is -0.0872. The van der Waals surface area contributed by atoms with Crippen LogP contribution in [0.2, 0.25) is 0 Å². The van der Waals surface area contributed by atoms with Crippen LogP contribution in [-0.4, -0.2) is 49.5 Å². The summed E-state index contributed by atoms with van der Waals surface area (Å²) in [5.41, 5.74) is 1.07. The Hall–Kier alpha value is -2.05. The molecule has 0 saturated carbocycles. The third-order valence-electron chi connectivity index (χ3n) is 5.17. The fraction of sp³-hybridized carbons (Fsp3) is 0.500. The summed E-state index contributed by atoms with van der Waals surface area (Å²) >= 11 is 0. The summed E-state index contributed by atoms with van der Waals surface area (Å²) in [6.07, 6.45) is 2.47. The Morgan fingerprint density at radius 1 is 1.29 bits per heavy atom. The second kappa shape index (κ2) is 6.11. The minimum atomic E-state index is -0.285. The molecule has 2 saturated heterocycles. The van der Waals surface area contributed by atoms with E-state index in [9.17, 15) is 4.79 Å². The zero-order valence-electron chi connectivity index (χ0n) is 13.8. The fourth-order valence-corrected chi connectivity index (χ4v) is 3.88. The number of ether oxygens (including phenoxy) is 3. The molecule has 2 fully saturated rings. The zero-order valence-corrected chi connectivity index (χ0v) is 13.8. The lowest BCUT2D eigenvalue weighted by Crippen LogP contribution is -2.52. The quantitative estimate of drug-likeness (QED) is 0.905. The van der Waals surface area contributed by atoms with Gasteiger partial charge in [0.1, 0.15) is 5.69 Å². The Morgan fingerprint density at radius 2 is 2.08 bits per heavy atom. The van der Waals surface area contributed by atoms with E-state index in [4.69, 9.17) is 14.2 Å². The molecular formula is C18H22N2O4. The maximum Gasteiger partial charge on any atom is 0.271 e. The van der Waals surface area contributed by atoms with Crippen molar-refractivity contribution >= 4 is 16.8 Å². The molecule has 2 N–H and O–H groups in total. The number of methoxy groups -OCH3 is 1. The molecule has 6 nitrogen and oxygen atoms in total. The molecule has 0 aliphatic carbocycles. The van der Waals surface area contributed by atoms with Crippen molar-refractivity contribution in [3.63, 3.8) is 0 Å². The van der Waals surface area contributed by atoms with Gasteiger partial charge in [0.05, 0.1) is 18.8 Å². The number of benzene rings is 1. The lowest BCUT2D eigenvalue weighted by Gasteiger charge is -2.37. The highest BCUT2D eigenvalue weighted by Crippen LogP contribution is 2.36. The van der Waals surface area contributed by atoms with Crippen LogP contribution in [0, 0.1) is 0 Å². The van der Waals surface area contributed by atoms with Crippen LogP contribution in [-0.2, 0) is 9.47 Å². The molecule has 3 heterocycles. The van der Waals surface area contributed by atoms with Crippen molar-refractivity contribution in [1.29, 1.82) is 0 Å². The number of aromatic amines is 1. The normalized spacial score (nSPS) is 22.8.